The molecule has 1 rings (SSSR count). The zero-order valence-corrected chi connectivity index (χ0v) is 9.60. The highest BCUT2D eigenvalue weighted by atomic mass is 35.5. The Morgan fingerprint density at radius 1 is 1.53 bits per heavy atom. The Morgan fingerprint density at radius 3 is 2.65 bits per heavy atom. The molecule has 0 aromatic carbocycles. The first-order valence-corrected chi connectivity index (χ1v) is 5.11. The summed E-state index contributed by atoms with van der Waals surface area (Å²) in [4.78, 5) is 14.3. The molecule has 17 heavy (non-hydrogen) atoms. The van der Waals surface area contributed by atoms with Gasteiger partial charge < -0.3 is 4.74 Å². The summed E-state index contributed by atoms with van der Waals surface area (Å²) < 4.78 is 43.0. The first-order chi connectivity index (χ1) is 8.01. The van der Waals surface area contributed by atoms with E-state index in [0.29, 0.717) is 6.20 Å². The molecule has 0 fully saturated rings. The monoisotopic (exact) mass is 267 g/mol. The summed E-state index contributed by atoms with van der Waals surface area (Å²) in [5, 5.41) is 0. The van der Waals surface area contributed by atoms with Crippen molar-refractivity contribution in [3.05, 3.63) is 28.8 Å². The first-order valence-electron chi connectivity index (χ1n) is 4.58. The summed E-state index contributed by atoms with van der Waals surface area (Å²) in [5.41, 5.74) is -0.864. The van der Waals surface area contributed by atoms with Gasteiger partial charge in [-0.05, 0) is 5.56 Å². The largest absolute Gasteiger partial charge is 0.469 e. The number of rotatable bonds is 4. The van der Waals surface area contributed by atoms with E-state index in [-0.39, 0.29) is 17.0 Å². The van der Waals surface area contributed by atoms with Crippen molar-refractivity contribution in [2.75, 3.05) is 7.11 Å². The lowest BCUT2D eigenvalue weighted by atomic mass is 10.0. The topological polar surface area (TPSA) is 39.2 Å². The maximum absolute atomic E-state index is 13.3. The van der Waals surface area contributed by atoms with E-state index in [1.54, 1.807) is 0 Å². The van der Waals surface area contributed by atoms with Crippen LogP contribution in [0.4, 0.5) is 13.2 Å². The minimum absolute atomic E-state index is 0.158. The third kappa shape index (κ3) is 3.09. The van der Waals surface area contributed by atoms with Gasteiger partial charge in [-0.15, -0.1) is 11.6 Å². The molecule has 0 unspecified atom stereocenters. The standard InChI is InChI=1S/C10H9ClF3NO2/c1-17-8(16)2-5-6(3-11)10(14)15-4-7(5)9(12)13/h4,9H,2-3H2,1H3. The molecule has 0 bridgehead atoms. The third-order valence-electron chi connectivity index (χ3n) is 2.20. The maximum Gasteiger partial charge on any atom is 0.310 e. The van der Waals surface area contributed by atoms with Gasteiger partial charge in [0.15, 0.2) is 0 Å². The second-order valence-corrected chi connectivity index (χ2v) is 3.42. The molecule has 0 N–H and O–H groups in total. The lowest BCUT2D eigenvalue weighted by Gasteiger charge is -2.12. The summed E-state index contributed by atoms with van der Waals surface area (Å²) in [5.74, 6) is -2.04. The summed E-state index contributed by atoms with van der Waals surface area (Å²) in [6.07, 6.45) is -2.61. The first kappa shape index (κ1) is 13.8. The number of halogens is 4. The highest BCUT2D eigenvalue weighted by Crippen LogP contribution is 2.27. The predicted octanol–water partition coefficient (Wildman–Crippen LogP) is 2.61. The van der Waals surface area contributed by atoms with Crippen LogP contribution in [-0.2, 0) is 21.8 Å². The van der Waals surface area contributed by atoms with Crippen LogP contribution in [0.25, 0.3) is 0 Å². The van der Waals surface area contributed by atoms with Crippen molar-refractivity contribution < 1.29 is 22.7 Å². The number of aromatic nitrogens is 1. The Balaban J connectivity index is 3.28. The van der Waals surface area contributed by atoms with Gasteiger partial charge >= 0.3 is 5.97 Å². The number of pyridine rings is 1. The molecule has 1 heterocycles. The van der Waals surface area contributed by atoms with Crippen LogP contribution in [0.1, 0.15) is 23.1 Å². The van der Waals surface area contributed by atoms with Crippen LogP contribution >= 0.6 is 11.6 Å². The number of esters is 1. The van der Waals surface area contributed by atoms with Gasteiger partial charge in [0.1, 0.15) is 0 Å². The van der Waals surface area contributed by atoms with Crippen molar-refractivity contribution in [2.24, 2.45) is 0 Å². The SMILES string of the molecule is COC(=O)Cc1c(C(F)F)cnc(F)c1CCl. The van der Waals surface area contributed by atoms with Crippen molar-refractivity contribution >= 4 is 17.6 Å². The van der Waals surface area contributed by atoms with E-state index in [1.165, 1.54) is 0 Å². The quantitative estimate of drug-likeness (QED) is 0.478. The lowest BCUT2D eigenvalue weighted by molar-refractivity contribution is -0.139. The molecule has 0 spiro atoms. The number of nitrogens with zero attached hydrogens (tertiary/aromatic N) is 1. The summed E-state index contributed by atoms with van der Waals surface area (Å²) in [7, 11) is 1.11. The van der Waals surface area contributed by atoms with Crippen molar-refractivity contribution in [3.63, 3.8) is 0 Å². The van der Waals surface area contributed by atoms with Gasteiger partial charge in [-0.2, -0.15) is 4.39 Å². The number of hydrogen-bond acceptors (Lipinski definition) is 3. The summed E-state index contributed by atoms with van der Waals surface area (Å²) in [6.45, 7) is 0. The van der Waals surface area contributed by atoms with E-state index in [0.717, 1.165) is 7.11 Å². The molecule has 0 saturated heterocycles. The smallest absolute Gasteiger partial charge is 0.310 e. The highest BCUT2D eigenvalue weighted by Gasteiger charge is 2.22. The van der Waals surface area contributed by atoms with Crippen molar-refractivity contribution in [3.8, 4) is 0 Å². The summed E-state index contributed by atoms with van der Waals surface area (Å²) >= 11 is 5.46. The Morgan fingerprint density at radius 2 is 2.18 bits per heavy atom. The molecule has 0 aliphatic carbocycles. The molecule has 1 aromatic rings. The Bertz CT molecular complexity index is 426. The maximum atomic E-state index is 13.3. The van der Waals surface area contributed by atoms with Gasteiger partial charge in [-0.1, -0.05) is 0 Å². The van der Waals surface area contributed by atoms with Gasteiger partial charge in [0.05, 0.1) is 19.4 Å². The molecule has 0 aliphatic heterocycles. The number of carbonyl (C=O) groups is 1. The lowest BCUT2D eigenvalue weighted by Crippen LogP contribution is -2.12. The molecule has 1 aromatic heterocycles. The van der Waals surface area contributed by atoms with E-state index < -0.39 is 30.3 Å². The van der Waals surface area contributed by atoms with Crippen LogP contribution < -0.4 is 0 Å². The fourth-order valence-electron chi connectivity index (χ4n) is 1.33. The Kier molecular flexibility index (Phi) is 4.74. The van der Waals surface area contributed by atoms with Gasteiger partial charge in [0.25, 0.3) is 6.43 Å². The molecule has 3 nitrogen and oxygen atoms in total. The van der Waals surface area contributed by atoms with E-state index in [2.05, 4.69) is 9.72 Å². The van der Waals surface area contributed by atoms with E-state index in [9.17, 15) is 18.0 Å². The minimum atomic E-state index is -2.86. The molecule has 0 saturated carbocycles. The van der Waals surface area contributed by atoms with Crippen LogP contribution in [0.2, 0.25) is 0 Å². The van der Waals surface area contributed by atoms with Crippen molar-refractivity contribution in [1.82, 2.24) is 4.98 Å². The van der Waals surface area contributed by atoms with Gasteiger partial charge in [0.2, 0.25) is 5.95 Å². The average molecular weight is 268 g/mol. The second kappa shape index (κ2) is 5.86. The second-order valence-electron chi connectivity index (χ2n) is 3.15. The van der Waals surface area contributed by atoms with Crippen molar-refractivity contribution in [1.29, 1.82) is 0 Å². The zero-order chi connectivity index (χ0) is 13.0. The van der Waals surface area contributed by atoms with Gasteiger partial charge in [-0.25, -0.2) is 13.8 Å². The molecule has 0 atom stereocenters. The number of ether oxygens (including phenoxy) is 1. The number of carbonyl (C=O) groups excluding carboxylic acids is 1. The van der Waals surface area contributed by atoms with Crippen LogP contribution in [-0.4, -0.2) is 18.1 Å². The Labute approximate surface area is 101 Å². The van der Waals surface area contributed by atoms with Crippen LogP contribution in [0, 0.1) is 5.95 Å². The van der Waals surface area contributed by atoms with Crippen LogP contribution in [0.15, 0.2) is 6.20 Å². The zero-order valence-electron chi connectivity index (χ0n) is 8.84. The molecule has 0 aliphatic rings. The van der Waals surface area contributed by atoms with E-state index >= 15 is 0 Å². The fourth-order valence-corrected chi connectivity index (χ4v) is 1.60. The average Bonchev–Trinajstić information content (AvgIpc) is 2.28. The van der Waals surface area contributed by atoms with Crippen LogP contribution in [0.3, 0.4) is 0 Å². The van der Waals surface area contributed by atoms with Gasteiger partial charge in [-0.3, -0.25) is 4.79 Å². The van der Waals surface area contributed by atoms with Crippen LogP contribution in [0.5, 0.6) is 0 Å². The van der Waals surface area contributed by atoms with Gasteiger partial charge in [0, 0.05) is 17.3 Å². The molecule has 94 valence electrons. The van der Waals surface area contributed by atoms with Crippen molar-refractivity contribution in [2.45, 2.75) is 18.7 Å². The molecule has 0 radical (unpaired) electrons. The normalized spacial score (nSPS) is 10.7. The van der Waals surface area contributed by atoms with E-state index in [4.69, 9.17) is 11.6 Å². The molecule has 0 amide bonds. The number of hydrogen-bond donors (Lipinski definition) is 0. The predicted molar refractivity (Wildman–Crippen MR) is 54.4 cm³/mol. The number of alkyl halides is 3. The summed E-state index contributed by atoms with van der Waals surface area (Å²) in [6, 6.07) is 0. The highest BCUT2D eigenvalue weighted by molar-refractivity contribution is 6.17. The minimum Gasteiger partial charge on any atom is -0.469 e. The fraction of sp³-hybridized carbons (Fsp3) is 0.400. The van der Waals surface area contributed by atoms with E-state index in [1.807, 2.05) is 0 Å². The third-order valence-corrected chi connectivity index (χ3v) is 2.46. The number of methoxy groups -OCH3 is 1. The molecular weight excluding hydrogens is 259 g/mol. The molecular formula is C10H9ClF3NO2. The Hall–Kier alpha value is -1.30. The molecule has 7 heteroatoms.